The Hall–Kier alpha value is -5.46. The molecule has 3 fully saturated rings. The Morgan fingerprint density at radius 1 is 0.791 bits per heavy atom. The first-order valence-corrected chi connectivity index (χ1v) is 33.7. The average molecular weight is 1300 g/mol. The zero-order chi connectivity index (χ0) is 67.0. The topological polar surface area (TPSA) is 315 Å². The molecule has 4 aliphatic rings. The number of aliphatic hydroxyl groups excluding tert-OH is 2. The van der Waals surface area contributed by atoms with Crippen LogP contribution in [-0.2, 0) is 75.5 Å². The molecule has 1 aliphatic heterocycles. The molecule has 2 saturated carbocycles. The second-order valence-corrected chi connectivity index (χ2v) is 28.0. The van der Waals surface area contributed by atoms with E-state index in [-0.39, 0.29) is 48.3 Å². The fourth-order valence-electron chi connectivity index (χ4n) is 13.3. The number of carbonyl (C=O) groups excluding carboxylic acids is 7. The van der Waals surface area contributed by atoms with Gasteiger partial charge in [0, 0.05) is 38.5 Å². The Labute approximate surface area is 535 Å². The fourth-order valence-corrected chi connectivity index (χ4v) is 14.1. The molecule has 2 bridgehead atoms. The number of fused-ring (bicyclic) bond motifs is 5. The number of Topliss-reactive ketones (excluding diaryl/α,β-unsaturated/α-hetero) is 1. The van der Waals surface area contributed by atoms with E-state index >= 15 is 4.79 Å². The van der Waals surface area contributed by atoms with Gasteiger partial charge in [-0.05, 0) is 49.1 Å². The SMILES string of the molecule is CCCCCCCCCCCCCCCCC(=O)OCC(COP(=O)([O-])OCC[N+](C)(C)C)OC(=O)CNC(c1ccccc1)[C@@H](O)C(=O)O[C@H]1C[C@@]2(O)[C@@H](OC(=O)c3ccccc3)C3[C@](C)(C(=O)[C@H](OC(C)=O)C(=C1C)C2(C)C)[C@@H](O)C[C@H]1OC[C@@]31OC(C)=O. The summed E-state index contributed by atoms with van der Waals surface area (Å²) >= 11 is 0. The molecule has 3 aliphatic carbocycles. The summed E-state index contributed by atoms with van der Waals surface area (Å²) in [6, 6.07) is 14.2. The Balaban J connectivity index is 1.22. The van der Waals surface area contributed by atoms with E-state index in [1.54, 1.807) is 48.5 Å². The number of unbranched alkanes of at least 4 members (excludes halogenated alkanes) is 13. The number of phosphoric acid groups is 1. The molecule has 24 heteroatoms. The maximum Gasteiger partial charge on any atom is 0.338 e. The van der Waals surface area contributed by atoms with Crippen molar-refractivity contribution in [2.24, 2.45) is 16.7 Å². The Morgan fingerprint density at radius 3 is 1.92 bits per heavy atom. The molecule has 23 nitrogen and oxygen atoms in total. The summed E-state index contributed by atoms with van der Waals surface area (Å²) < 4.78 is 65.2. The van der Waals surface area contributed by atoms with Gasteiger partial charge < -0.3 is 66.9 Å². The maximum atomic E-state index is 15.7. The van der Waals surface area contributed by atoms with E-state index in [9.17, 15) is 53.5 Å². The number of phosphoric ester groups is 1. The van der Waals surface area contributed by atoms with Crippen molar-refractivity contribution in [2.75, 3.05) is 60.7 Å². The van der Waals surface area contributed by atoms with Crippen LogP contribution in [0.4, 0.5) is 0 Å². The molecule has 13 atom stereocenters. The van der Waals surface area contributed by atoms with E-state index in [2.05, 4.69) is 12.2 Å². The lowest BCUT2D eigenvalue weighted by molar-refractivity contribution is -0.870. The molecule has 0 radical (unpaired) electrons. The van der Waals surface area contributed by atoms with Crippen LogP contribution in [0.2, 0.25) is 0 Å². The second-order valence-electron chi connectivity index (χ2n) is 26.6. The quantitative estimate of drug-likeness (QED) is 0.0129. The molecule has 508 valence electrons. The molecule has 0 spiro atoms. The molecule has 1 saturated heterocycles. The van der Waals surface area contributed by atoms with Crippen LogP contribution < -0.4 is 10.2 Å². The number of carbonyl (C=O) groups is 7. The number of quaternary nitrogens is 1. The number of hydrogen-bond acceptors (Lipinski definition) is 22. The maximum absolute atomic E-state index is 15.7. The van der Waals surface area contributed by atoms with Crippen molar-refractivity contribution in [1.29, 1.82) is 0 Å². The van der Waals surface area contributed by atoms with Crippen LogP contribution in [0.3, 0.4) is 0 Å². The third kappa shape index (κ3) is 19.1. The number of ether oxygens (including phenoxy) is 7. The number of rotatable bonds is 36. The van der Waals surface area contributed by atoms with Gasteiger partial charge in [-0.15, -0.1) is 0 Å². The lowest BCUT2D eigenvalue weighted by Crippen LogP contribution is -2.82. The molecule has 0 amide bonds. The van der Waals surface area contributed by atoms with Gasteiger partial charge in [-0.25, -0.2) is 9.59 Å². The van der Waals surface area contributed by atoms with Crippen molar-refractivity contribution >= 4 is 49.4 Å². The first-order chi connectivity index (χ1) is 42.9. The number of nitrogens with zero attached hydrogens (tertiary/aromatic N) is 1. The summed E-state index contributed by atoms with van der Waals surface area (Å²) in [7, 11) is 0.551. The van der Waals surface area contributed by atoms with Crippen LogP contribution in [0.25, 0.3) is 0 Å². The van der Waals surface area contributed by atoms with Crippen molar-refractivity contribution in [3.8, 4) is 0 Å². The molecule has 0 aromatic heterocycles. The van der Waals surface area contributed by atoms with Crippen molar-refractivity contribution < 1.29 is 105 Å². The lowest BCUT2D eigenvalue weighted by Gasteiger charge is -2.67. The summed E-state index contributed by atoms with van der Waals surface area (Å²) in [6.45, 7) is 7.91. The molecular formula is C67H99N2O21P. The molecule has 2 aromatic carbocycles. The van der Waals surface area contributed by atoms with Gasteiger partial charge in [0.2, 0.25) is 0 Å². The van der Waals surface area contributed by atoms with Crippen molar-refractivity contribution in [3.63, 3.8) is 0 Å². The molecule has 2 aromatic rings. The minimum absolute atomic E-state index is 0.0237. The van der Waals surface area contributed by atoms with Gasteiger partial charge in [0.1, 0.15) is 43.7 Å². The van der Waals surface area contributed by atoms with Crippen molar-refractivity contribution in [1.82, 2.24) is 5.32 Å². The zero-order valence-corrected chi connectivity index (χ0v) is 55.7. The summed E-state index contributed by atoms with van der Waals surface area (Å²) in [6.07, 6.45) is 3.24. The van der Waals surface area contributed by atoms with Gasteiger partial charge >= 0.3 is 35.8 Å². The smallest absolute Gasteiger partial charge is 0.338 e. The zero-order valence-electron chi connectivity index (χ0n) is 54.8. The predicted molar refractivity (Wildman–Crippen MR) is 330 cm³/mol. The third-order valence-corrected chi connectivity index (χ3v) is 19.5. The Bertz CT molecular complexity index is 2860. The Morgan fingerprint density at radius 2 is 1.37 bits per heavy atom. The van der Waals surface area contributed by atoms with Crippen molar-refractivity contribution in [2.45, 2.75) is 218 Å². The molecule has 4 N–H and O–H groups in total. The molecular weight excluding hydrogens is 1200 g/mol. The van der Waals surface area contributed by atoms with Crippen molar-refractivity contribution in [3.05, 3.63) is 82.9 Å². The third-order valence-electron chi connectivity index (χ3n) is 18.5. The minimum atomic E-state index is -4.97. The molecule has 6 rings (SSSR count). The highest BCUT2D eigenvalue weighted by atomic mass is 31.2. The summed E-state index contributed by atoms with van der Waals surface area (Å²) in [4.78, 5) is 111. The van der Waals surface area contributed by atoms with E-state index in [4.69, 9.17) is 42.2 Å². The molecule has 91 heavy (non-hydrogen) atoms. The average Bonchev–Trinajstić information content (AvgIpc) is 0.671. The summed E-state index contributed by atoms with van der Waals surface area (Å²) in [5.41, 5.74) is -7.90. The molecule has 4 unspecified atom stereocenters. The van der Waals surface area contributed by atoms with Gasteiger partial charge in [-0.2, -0.15) is 0 Å². The van der Waals surface area contributed by atoms with E-state index in [1.807, 2.05) is 21.1 Å². The normalized spacial score (nSPS) is 26.8. The number of benzene rings is 2. The van der Waals surface area contributed by atoms with E-state index in [0.717, 1.165) is 39.5 Å². The number of aliphatic hydroxyl groups is 3. The molecule has 1 heterocycles. The number of likely N-dealkylation sites (N-methyl/N-ethyl adjacent to an activating group) is 1. The second kappa shape index (κ2) is 33.1. The van der Waals surface area contributed by atoms with Gasteiger partial charge in [-0.1, -0.05) is 153 Å². The van der Waals surface area contributed by atoms with Crippen LogP contribution >= 0.6 is 7.82 Å². The largest absolute Gasteiger partial charge is 0.756 e. The van der Waals surface area contributed by atoms with Crippen LogP contribution in [0.1, 0.15) is 180 Å². The van der Waals surface area contributed by atoms with Gasteiger partial charge in [-0.3, -0.25) is 33.9 Å². The first kappa shape index (κ1) is 74.6. The van der Waals surface area contributed by atoms with E-state index in [0.29, 0.717) is 17.4 Å². The van der Waals surface area contributed by atoms with E-state index in [1.165, 1.54) is 97.6 Å². The highest BCUT2D eigenvalue weighted by molar-refractivity contribution is 7.45. The van der Waals surface area contributed by atoms with Gasteiger partial charge in [0.25, 0.3) is 7.82 Å². The first-order valence-electron chi connectivity index (χ1n) is 32.2. The van der Waals surface area contributed by atoms with Crippen LogP contribution in [0.5, 0.6) is 0 Å². The lowest BCUT2D eigenvalue weighted by atomic mass is 9.44. The van der Waals surface area contributed by atoms with Crippen LogP contribution in [0.15, 0.2) is 71.8 Å². The van der Waals surface area contributed by atoms with Crippen LogP contribution in [0, 0.1) is 16.7 Å². The highest BCUT2D eigenvalue weighted by Crippen LogP contribution is 2.64. The van der Waals surface area contributed by atoms with Crippen LogP contribution in [-0.4, -0.2) is 176 Å². The van der Waals surface area contributed by atoms with Gasteiger partial charge in [0.15, 0.2) is 29.7 Å². The summed E-state index contributed by atoms with van der Waals surface area (Å²) in [5.74, 6) is -8.27. The number of esters is 6. The van der Waals surface area contributed by atoms with Gasteiger partial charge in [0.05, 0.1) is 69.9 Å². The van der Waals surface area contributed by atoms with E-state index < -0.39 is 152 Å². The summed E-state index contributed by atoms with van der Waals surface area (Å²) in [5, 5.41) is 41.1. The number of nitrogens with one attached hydrogen (secondary N) is 1. The standard InChI is InChI=1S/C67H99N2O21P/c1-11-12-13-14-15-16-17-18-19-20-21-22-23-30-35-53(73)82-41-49(42-85-91(80,81)84-37-36-69(8,9)10)87-54(74)40-68-56(47-31-26-24-27-32-47)57(75)63(78)88-50-39-67(79)61(89-62(77)48-33-28-25-29-34-48)59-65(7,51(72)38-52-66(59,43-83-52)90-46(4)71)60(76)58(86-45(3)70)55(44(50)2)64(67,5)6/h24-29,31-34,49-52,56-59,61,68,72,75,79H,11-23,30,35-43H2,1-10H3/t49?,50-,51-,52+,56?,57+,58+,59?,61-,65+,66-,67+/m0/s1. The predicted octanol–water partition coefficient (Wildman–Crippen LogP) is 7.43. The number of ketones is 1. The Kier molecular flexibility index (Phi) is 27.1. The number of hydrogen-bond donors (Lipinski definition) is 4. The highest BCUT2D eigenvalue weighted by Gasteiger charge is 2.78. The minimum Gasteiger partial charge on any atom is -0.756 e. The fraction of sp³-hybridized carbons (Fsp3) is 0.687. The monoisotopic (exact) mass is 1300 g/mol.